The number of fused-ring (bicyclic) bond motifs is 1. The van der Waals surface area contributed by atoms with Crippen molar-refractivity contribution >= 4 is 5.97 Å². The molecule has 5 heteroatoms. The summed E-state index contributed by atoms with van der Waals surface area (Å²) in [5, 5.41) is 0. The third kappa shape index (κ3) is 2.63. The molecule has 1 aliphatic heterocycles. The van der Waals surface area contributed by atoms with Crippen molar-refractivity contribution < 1.29 is 22.7 Å². The molecule has 108 valence electrons. The van der Waals surface area contributed by atoms with Crippen molar-refractivity contribution in [3.63, 3.8) is 0 Å². The van der Waals surface area contributed by atoms with E-state index in [9.17, 15) is 18.0 Å². The maximum atomic E-state index is 12.5. The molecule has 0 saturated heterocycles. The normalized spacial score (nSPS) is 17.5. The Labute approximate surface area is 119 Å². The Morgan fingerprint density at radius 1 is 1.00 bits per heavy atom. The first-order valence-corrected chi connectivity index (χ1v) is 6.41. The van der Waals surface area contributed by atoms with E-state index in [0.29, 0.717) is 17.5 Å². The van der Waals surface area contributed by atoms with E-state index in [2.05, 4.69) is 0 Å². The Bertz CT molecular complexity index is 675. The highest BCUT2D eigenvalue weighted by Gasteiger charge is 2.32. The van der Waals surface area contributed by atoms with Crippen LogP contribution in [0.2, 0.25) is 0 Å². The van der Waals surface area contributed by atoms with Gasteiger partial charge in [-0.2, -0.15) is 13.2 Å². The second kappa shape index (κ2) is 4.91. The number of rotatable bonds is 2. The third-order valence-corrected chi connectivity index (χ3v) is 3.48. The minimum Gasteiger partial charge on any atom is -0.454 e. The van der Waals surface area contributed by atoms with Gasteiger partial charge in [-0.15, -0.1) is 0 Å². The molecule has 1 atom stereocenters. The van der Waals surface area contributed by atoms with Crippen LogP contribution in [0.5, 0.6) is 0 Å². The maximum absolute atomic E-state index is 12.5. The van der Waals surface area contributed by atoms with Crippen molar-refractivity contribution in [3.8, 4) is 0 Å². The van der Waals surface area contributed by atoms with Crippen LogP contribution in [0.4, 0.5) is 13.2 Å². The molecule has 0 aliphatic carbocycles. The molecule has 0 fully saturated rings. The van der Waals surface area contributed by atoms with E-state index in [1.165, 1.54) is 12.1 Å². The number of cyclic esters (lactones) is 1. The zero-order chi connectivity index (χ0) is 15.0. The second-order valence-corrected chi connectivity index (χ2v) is 4.88. The first kappa shape index (κ1) is 13.7. The fourth-order valence-corrected chi connectivity index (χ4v) is 2.42. The summed E-state index contributed by atoms with van der Waals surface area (Å²) in [5.74, 6) is -0.387. The molecule has 1 aliphatic rings. The first-order chi connectivity index (χ1) is 9.95. The van der Waals surface area contributed by atoms with Gasteiger partial charge in [0.1, 0.15) is 6.10 Å². The molecular weight excluding hydrogens is 281 g/mol. The van der Waals surface area contributed by atoms with E-state index in [-0.39, 0.29) is 5.97 Å². The predicted molar refractivity (Wildman–Crippen MR) is 69.7 cm³/mol. The lowest BCUT2D eigenvalue weighted by atomic mass is 9.99. The number of halogens is 3. The zero-order valence-corrected chi connectivity index (χ0v) is 10.9. The topological polar surface area (TPSA) is 26.3 Å². The molecule has 0 aromatic heterocycles. The van der Waals surface area contributed by atoms with Crippen LogP contribution >= 0.6 is 0 Å². The molecule has 21 heavy (non-hydrogen) atoms. The van der Waals surface area contributed by atoms with Crippen molar-refractivity contribution in [2.24, 2.45) is 0 Å². The highest BCUT2D eigenvalue weighted by Crippen LogP contribution is 2.34. The molecule has 1 unspecified atom stereocenters. The van der Waals surface area contributed by atoms with Gasteiger partial charge in [-0.3, -0.25) is 0 Å². The minimum absolute atomic E-state index is 0.362. The van der Waals surface area contributed by atoms with Crippen molar-refractivity contribution in [3.05, 3.63) is 70.8 Å². The van der Waals surface area contributed by atoms with Crippen LogP contribution < -0.4 is 0 Å². The number of benzene rings is 2. The standard InChI is InChI=1S/C16H11F3O2/c17-16(18,19)11-7-5-10(6-8-11)9-14-12-3-1-2-4-13(12)15(20)21-14/h1-8,14H,9H2. The summed E-state index contributed by atoms with van der Waals surface area (Å²) < 4.78 is 42.8. The highest BCUT2D eigenvalue weighted by molar-refractivity contribution is 5.94. The molecule has 0 bridgehead atoms. The largest absolute Gasteiger partial charge is 0.454 e. The predicted octanol–water partition coefficient (Wildman–Crippen LogP) is 4.16. The quantitative estimate of drug-likeness (QED) is 0.777. The van der Waals surface area contributed by atoms with Gasteiger partial charge in [0.2, 0.25) is 0 Å². The van der Waals surface area contributed by atoms with Gasteiger partial charge in [0.25, 0.3) is 0 Å². The van der Waals surface area contributed by atoms with Gasteiger partial charge in [-0.1, -0.05) is 30.3 Å². The minimum atomic E-state index is -4.34. The monoisotopic (exact) mass is 292 g/mol. The number of ether oxygens (including phenoxy) is 1. The Kier molecular flexibility index (Phi) is 3.20. The summed E-state index contributed by atoms with van der Waals surface area (Å²) in [4.78, 5) is 11.7. The number of esters is 1. The van der Waals surface area contributed by atoms with Crippen LogP contribution in [-0.2, 0) is 17.3 Å². The van der Waals surface area contributed by atoms with Crippen LogP contribution in [0.1, 0.15) is 33.2 Å². The van der Waals surface area contributed by atoms with Gasteiger partial charge in [0, 0.05) is 12.0 Å². The average molecular weight is 292 g/mol. The van der Waals surface area contributed by atoms with Crippen LogP contribution in [0.3, 0.4) is 0 Å². The van der Waals surface area contributed by atoms with Gasteiger partial charge in [-0.05, 0) is 23.8 Å². The van der Waals surface area contributed by atoms with Gasteiger partial charge < -0.3 is 4.74 Å². The molecule has 2 aromatic rings. The number of carbonyl (C=O) groups excluding carboxylic acids is 1. The Morgan fingerprint density at radius 3 is 2.33 bits per heavy atom. The summed E-state index contributed by atoms with van der Waals surface area (Å²) in [6.45, 7) is 0. The SMILES string of the molecule is O=C1OC(Cc2ccc(C(F)(F)F)cc2)c2ccccc21. The van der Waals surface area contributed by atoms with Gasteiger partial charge in [0.15, 0.2) is 0 Å². The molecule has 2 nitrogen and oxygen atoms in total. The first-order valence-electron chi connectivity index (χ1n) is 6.41. The smallest absolute Gasteiger partial charge is 0.416 e. The second-order valence-electron chi connectivity index (χ2n) is 4.88. The molecule has 0 saturated carbocycles. The lowest BCUT2D eigenvalue weighted by molar-refractivity contribution is -0.137. The number of alkyl halides is 3. The fourth-order valence-electron chi connectivity index (χ4n) is 2.42. The molecule has 2 aromatic carbocycles. The van der Waals surface area contributed by atoms with E-state index < -0.39 is 17.8 Å². The van der Waals surface area contributed by atoms with E-state index in [0.717, 1.165) is 17.7 Å². The molecule has 3 rings (SSSR count). The zero-order valence-electron chi connectivity index (χ0n) is 10.9. The fraction of sp³-hybridized carbons (Fsp3) is 0.188. The van der Waals surface area contributed by atoms with Crippen LogP contribution in [0.15, 0.2) is 48.5 Å². The molecule has 1 heterocycles. The number of hydrogen-bond donors (Lipinski definition) is 0. The van der Waals surface area contributed by atoms with Crippen LogP contribution in [0, 0.1) is 0 Å². The molecule has 0 N–H and O–H groups in total. The van der Waals surface area contributed by atoms with E-state index in [1.54, 1.807) is 24.3 Å². The lowest BCUT2D eigenvalue weighted by Crippen LogP contribution is -2.06. The third-order valence-electron chi connectivity index (χ3n) is 3.48. The molecule has 0 spiro atoms. The summed E-state index contributed by atoms with van der Waals surface area (Å²) in [6, 6.07) is 12.0. The van der Waals surface area contributed by atoms with Crippen molar-refractivity contribution in [1.82, 2.24) is 0 Å². The van der Waals surface area contributed by atoms with E-state index in [1.807, 2.05) is 0 Å². The summed E-state index contributed by atoms with van der Waals surface area (Å²) in [7, 11) is 0. The van der Waals surface area contributed by atoms with E-state index in [4.69, 9.17) is 4.74 Å². The molecule has 0 amide bonds. The van der Waals surface area contributed by atoms with Crippen molar-refractivity contribution in [1.29, 1.82) is 0 Å². The number of carbonyl (C=O) groups is 1. The van der Waals surface area contributed by atoms with Crippen LogP contribution in [-0.4, -0.2) is 5.97 Å². The number of hydrogen-bond acceptors (Lipinski definition) is 2. The van der Waals surface area contributed by atoms with Gasteiger partial charge in [-0.25, -0.2) is 4.79 Å². The summed E-state index contributed by atoms with van der Waals surface area (Å²) in [6.07, 6.45) is -4.42. The highest BCUT2D eigenvalue weighted by atomic mass is 19.4. The van der Waals surface area contributed by atoms with E-state index >= 15 is 0 Å². The van der Waals surface area contributed by atoms with Crippen molar-refractivity contribution in [2.75, 3.05) is 0 Å². The molecular formula is C16H11F3O2. The van der Waals surface area contributed by atoms with Gasteiger partial charge >= 0.3 is 12.1 Å². The Balaban J connectivity index is 1.81. The van der Waals surface area contributed by atoms with Crippen molar-refractivity contribution in [2.45, 2.75) is 18.7 Å². The lowest BCUT2D eigenvalue weighted by Gasteiger charge is -2.12. The average Bonchev–Trinajstić information content (AvgIpc) is 2.76. The Morgan fingerprint density at radius 2 is 1.67 bits per heavy atom. The van der Waals surface area contributed by atoms with Crippen LogP contribution in [0.25, 0.3) is 0 Å². The molecule has 0 radical (unpaired) electrons. The maximum Gasteiger partial charge on any atom is 0.416 e. The summed E-state index contributed by atoms with van der Waals surface area (Å²) >= 11 is 0. The van der Waals surface area contributed by atoms with Gasteiger partial charge in [0.05, 0.1) is 11.1 Å². The summed E-state index contributed by atoms with van der Waals surface area (Å²) in [5.41, 5.74) is 1.31. The Hall–Kier alpha value is -2.30.